The van der Waals surface area contributed by atoms with Gasteiger partial charge in [0.15, 0.2) is 0 Å². The maximum atomic E-state index is 11.8. The first-order valence-corrected chi connectivity index (χ1v) is 7.09. The van der Waals surface area contributed by atoms with Crippen molar-refractivity contribution in [2.24, 2.45) is 0 Å². The lowest BCUT2D eigenvalue weighted by Gasteiger charge is -2.24. The summed E-state index contributed by atoms with van der Waals surface area (Å²) in [6.45, 7) is 5.92. The normalized spacial score (nSPS) is 18.6. The van der Waals surface area contributed by atoms with E-state index in [0.29, 0.717) is 24.5 Å². The molecular formula is C14H21N5O2. The van der Waals surface area contributed by atoms with Crippen LogP contribution in [0.2, 0.25) is 0 Å². The molecule has 1 aromatic rings. The smallest absolute Gasteiger partial charge is 0.249 e. The van der Waals surface area contributed by atoms with Gasteiger partial charge < -0.3 is 10.6 Å². The second-order valence-corrected chi connectivity index (χ2v) is 5.46. The molecule has 1 fully saturated rings. The summed E-state index contributed by atoms with van der Waals surface area (Å²) >= 11 is 0. The average molecular weight is 291 g/mol. The predicted octanol–water partition coefficient (Wildman–Crippen LogP) is 1.17. The monoisotopic (exact) mass is 291 g/mol. The highest BCUT2D eigenvalue weighted by Gasteiger charge is 2.27. The number of imide groups is 1. The van der Waals surface area contributed by atoms with Gasteiger partial charge in [-0.25, -0.2) is 9.97 Å². The van der Waals surface area contributed by atoms with Gasteiger partial charge in [-0.3, -0.25) is 14.9 Å². The Hall–Kier alpha value is -2.18. The molecule has 0 bridgehead atoms. The fourth-order valence-corrected chi connectivity index (χ4v) is 2.17. The SMILES string of the molecule is CNc1nc(C(C)C)nc(NC2CCC(=O)NC2=O)c1C. The van der Waals surface area contributed by atoms with Crippen LogP contribution in [0.25, 0.3) is 0 Å². The van der Waals surface area contributed by atoms with Crippen LogP contribution in [0.5, 0.6) is 0 Å². The van der Waals surface area contributed by atoms with Crippen molar-refractivity contribution in [3.05, 3.63) is 11.4 Å². The standard InChI is InChI=1S/C14H21N5O2/c1-7(2)11-18-12(15-4)8(3)13(19-11)16-9-5-6-10(20)17-14(9)21/h7,9H,5-6H2,1-4H3,(H,17,20,21)(H2,15,16,18,19). The van der Waals surface area contributed by atoms with Crippen LogP contribution in [0.3, 0.4) is 0 Å². The fraction of sp³-hybridized carbons (Fsp3) is 0.571. The molecule has 0 aliphatic carbocycles. The van der Waals surface area contributed by atoms with Crippen molar-refractivity contribution in [3.63, 3.8) is 0 Å². The summed E-state index contributed by atoms with van der Waals surface area (Å²) in [5, 5.41) is 8.51. The Bertz CT molecular complexity index is 571. The van der Waals surface area contributed by atoms with Gasteiger partial charge in [-0.2, -0.15) is 0 Å². The molecule has 0 radical (unpaired) electrons. The van der Waals surface area contributed by atoms with Gasteiger partial charge in [0.1, 0.15) is 23.5 Å². The third-order valence-corrected chi connectivity index (χ3v) is 3.47. The van der Waals surface area contributed by atoms with Gasteiger partial charge in [-0.1, -0.05) is 13.8 Å². The van der Waals surface area contributed by atoms with E-state index in [1.165, 1.54) is 0 Å². The van der Waals surface area contributed by atoms with Crippen LogP contribution in [0.15, 0.2) is 0 Å². The molecule has 7 heteroatoms. The minimum Gasteiger partial charge on any atom is -0.373 e. The molecule has 3 N–H and O–H groups in total. The number of piperidine rings is 1. The van der Waals surface area contributed by atoms with Crippen LogP contribution >= 0.6 is 0 Å². The number of amides is 2. The molecule has 21 heavy (non-hydrogen) atoms. The number of nitrogens with one attached hydrogen (secondary N) is 3. The molecule has 1 saturated heterocycles. The summed E-state index contributed by atoms with van der Waals surface area (Å²) in [5.41, 5.74) is 0.853. The fourth-order valence-electron chi connectivity index (χ4n) is 2.17. The van der Waals surface area contributed by atoms with E-state index < -0.39 is 6.04 Å². The lowest BCUT2D eigenvalue weighted by Crippen LogP contribution is -2.47. The zero-order chi connectivity index (χ0) is 15.6. The van der Waals surface area contributed by atoms with Crippen molar-refractivity contribution in [1.29, 1.82) is 0 Å². The molecule has 7 nitrogen and oxygen atoms in total. The number of carbonyl (C=O) groups excluding carboxylic acids is 2. The van der Waals surface area contributed by atoms with E-state index >= 15 is 0 Å². The molecule has 1 atom stereocenters. The Labute approximate surface area is 123 Å². The molecule has 1 aromatic heterocycles. The Morgan fingerprint density at radius 1 is 1.24 bits per heavy atom. The Morgan fingerprint density at radius 3 is 2.48 bits per heavy atom. The number of nitrogens with zero attached hydrogens (tertiary/aromatic N) is 2. The van der Waals surface area contributed by atoms with Gasteiger partial charge in [0.25, 0.3) is 0 Å². The number of rotatable bonds is 4. The maximum absolute atomic E-state index is 11.8. The Morgan fingerprint density at radius 2 is 1.90 bits per heavy atom. The molecule has 0 aromatic carbocycles. The third kappa shape index (κ3) is 3.29. The van der Waals surface area contributed by atoms with Crippen molar-refractivity contribution in [1.82, 2.24) is 15.3 Å². The topological polar surface area (TPSA) is 96.0 Å². The number of hydrogen-bond donors (Lipinski definition) is 3. The molecule has 0 spiro atoms. The van der Waals surface area contributed by atoms with Crippen molar-refractivity contribution in [2.75, 3.05) is 17.7 Å². The van der Waals surface area contributed by atoms with Crippen LogP contribution in [-0.4, -0.2) is 34.9 Å². The highest BCUT2D eigenvalue weighted by molar-refractivity contribution is 6.01. The summed E-state index contributed by atoms with van der Waals surface area (Å²) in [7, 11) is 1.80. The Kier molecular flexibility index (Phi) is 4.40. The van der Waals surface area contributed by atoms with E-state index in [9.17, 15) is 9.59 Å². The van der Waals surface area contributed by atoms with E-state index in [1.54, 1.807) is 7.05 Å². The molecule has 1 unspecified atom stereocenters. The third-order valence-electron chi connectivity index (χ3n) is 3.47. The number of carbonyl (C=O) groups is 2. The summed E-state index contributed by atoms with van der Waals surface area (Å²) in [5.74, 6) is 1.73. The molecule has 2 rings (SSSR count). The first-order valence-electron chi connectivity index (χ1n) is 7.09. The minimum atomic E-state index is -0.444. The number of hydrogen-bond acceptors (Lipinski definition) is 6. The molecule has 1 aliphatic heterocycles. The Balaban J connectivity index is 2.28. The van der Waals surface area contributed by atoms with Crippen molar-refractivity contribution in [2.45, 2.75) is 45.6 Å². The van der Waals surface area contributed by atoms with E-state index in [4.69, 9.17) is 0 Å². The van der Waals surface area contributed by atoms with Crippen molar-refractivity contribution >= 4 is 23.5 Å². The molecular weight excluding hydrogens is 270 g/mol. The quantitative estimate of drug-likeness (QED) is 0.721. The zero-order valence-corrected chi connectivity index (χ0v) is 12.8. The van der Waals surface area contributed by atoms with Crippen molar-refractivity contribution in [3.8, 4) is 0 Å². The van der Waals surface area contributed by atoms with Gasteiger partial charge in [0.05, 0.1) is 0 Å². The molecule has 0 saturated carbocycles. The van der Waals surface area contributed by atoms with Crippen LogP contribution in [0, 0.1) is 6.92 Å². The van der Waals surface area contributed by atoms with E-state index in [-0.39, 0.29) is 17.7 Å². The number of aromatic nitrogens is 2. The van der Waals surface area contributed by atoms with E-state index in [1.807, 2.05) is 20.8 Å². The van der Waals surface area contributed by atoms with Crippen LogP contribution < -0.4 is 16.0 Å². The molecule has 1 aliphatic rings. The van der Waals surface area contributed by atoms with E-state index in [0.717, 1.165) is 11.4 Å². The zero-order valence-electron chi connectivity index (χ0n) is 12.8. The first-order chi connectivity index (χ1) is 9.92. The average Bonchev–Trinajstić information content (AvgIpc) is 2.43. The van der Waals surface area contributed by atoms with Gasteiger partial charge >= 0.3 is 0 Å². The van der Waals surface area contributed by atoms with Crippen LogP contribution in [0.1, 0.15) is 44.0 Å². The highest BCUT2D eigenvalue weighted by Crippen LogP contribution is 2.24. The predicted molar refractivity (Wildman–Crippen MR) is 80.2 cm³/mol. The number of anilines is 2. The van der Waals surface area contributed by atoms with Crippen LogP contribution in [0.4, 0.5) is 11.6 Å². The summed E-state index contributed by atoms with van der Waals surface area (Å²) < 4.78 is 0. The van der Waals surface area contributed by atoms with Gasteiger partial charge in [-0.15, -0.1) is 0 Å². The van der Waals surface area contributed by atoms with Gasteiger partial charge in [0.2, 0.25) is 11.8 Å². The van der Waals surface area contributed by atoms with Gasteiger partial charge in [-0.05, 0) is 13.3 Å². The van der Waals surface area contributed by atoms with E-state index in [2.05, 4.69) is 25.9 Å². The van der Waals surface area contributed by atoms with Crippen molar-refractivity contribution < 1.29 is 9.59 Å². The molecule has 2 amide bonds. The summed E-state index contributed by atoms with van der Waals surface area (Å²) in [6.07, 6.45) is 0.809. The lowest BCUT2D eigenvalue weighted by atomic mass is 10.1. The maximum Gasteiger partial charge on any atom is 0.249 e. The van der Waals surface area contributed by atoms with Gasteiger partial charge in [0, 0.05) is 24.9 Å². The molecule has 114 valence electrons. The summed E-state index contributed by atoms with van der Waals surface area (Å²) in [4.78, 5) is 32.0. The highest BCUT2D eigenvalue weighted by atomic mass is 16.2. The minimum absolute atomic E-state index is 0.181. The molecule has 2 heterocycles. The largest absolute Gasteiger partial charge is 0.373 e. The van der Waals surface area contributed by atoms with Crippen LogP contribution in [-0.2, 0) is 9.59 Å². The second kappa shape index (κ2) is 6.07. The first kappa shape index (κ1) is 15.2. The second-order valence-electron chi connectivity index (χ2n) is 5.46. The summed E-state index contributed by atoms with van der Waals surface area (Å²) in [6, 6.07) is -0.444. The lowest BCUT2D eigenvalue weighted by molar-refractivity contribution is -0.133.